The number of nitrogens with two attached hydrogens (primary N) is 1. The predicted molar refractivity (Wildman–Crippen MR) is 94.8 cm³/mol. The van der Waals surface area contributed by atoms with Gasteiger partial charge in [-0.05, 0) is 44.4 Å². The van der Waals surface area contributed by atoms with Crippen LogP contribution >= 0.6 is 36.2 Å². The first-order valence-electron chi connectivity index (χ1n) is 7.58. The van der Waals surface area contributed by atoms with Gasteiger partial charge in [0.05, 0.1) is 12.0 Å². The number of hydrogen-bond acceptors (Lipinski definition) is 4. The number of carbonyl (C=O) groups is 1. The van der Waals surface area contributed by atoms with Crippen molar-refractivity contribution >= 4 is 42.1 Å². The Kier molecular flexibility index (Phi) is 7.12. The molecule has 4 nitrogen and oxygen atoms in total. The van der Waals surface area contributed by atoms with E-state index in [1.54, 1.807) is 11.3 Å². The van der Waals surface area contributed by atoms with Crippen molar-refractivity contribution in [2.24, 2.45) is 23.5 Å². The minimum Gasteiger partial charge on any atom is -0.347 e. The van der Waals surface area contributed by atoms with Crippen LogP contribution in [0.25, 0.3) is 0 Å². The zero-order valence-electron chi connectivity index (χ0n) is 13.0. The largest absolute Gasteiger partial charge is 0.347 e. The molecule has 0 spiro atoms. The number of aryl methyl sites for hydroxylation is 1. The van der Waals surface area contributed by atoms with Gasteiger partial charge >= 0.3 is 0 Å². The SMILES string of the molecule is CCC(NC(=O)C1C2CCC(C2)C1N)c1nc(C)cs1.Cl.Cl. The standard InChI is InChI=1S/C15H23N3OS.2ClH/c1-3-11(15-17-8(2)7-20-15)18-14(19)12-9-4-5-10(6-9)13(12)16;;/h7,9-13H,3-6,16H2,1-2H3,(H,18,19);2*1H. The average Bonchev–Trinajstić information content (AvgIpc) is 3.11. The van der Waals surface area contributed by atoms with Crippen LogP contribution in [0.2, 0.25) is 0 Å². The zero-order chi connectivity index (χ0) is 14.3. The zero-order valence-corrected chi connectivity index (χ0v) is 15.4. The summed E-state index contributed by atoms with van der Waals surface area (Å²) < 4.78 is 0. The molecule has 7 heteroatoms. The first kappa shape index (κ1) is 19.7. The number of thiazole rings is 1. The van der Waals surface area contributed by atoms with Crippen molar-refractivity contribution < 1.29 is 4.79 Å². The first-order valence-corrected chi connectivity index (χ1v) is 8.46. The molecule has 1 heterocycles. The number of rotatable bonds is 4. The lowest BCUT2D eigenvalue weighted by Crippen LogP contribution is -2.46. The topological polar surface area (TPSA) is 68.0 Å². The molecule has 0 saturated heterocycles. The maximum Gasteiger partial charge on any atom is 0.225 e. The van der Waals surface area contributed by atoms with Crippen LogP contribution in [0, 0.1) is 24.7 Å². The minimum atomic E-state index is 0. The van der Waals surface area contributed by atoms with Crippen LogP contribution in [0.3, 0.4) is 0 Å². The summed E-state index contributed by atoms with van der Waals surface area (Å²) in [5.74, 6) is 1.23. The third-order valence-corrected chi connectivity index (χ3v) is 6.02. The van der Waals surface area contributed by atoms with E-state index in [0.29, 0.717) is 11.8 Å². The fraction of sp³-hybridized carbons (Fsp3) is 0.733. The van der Waals surface area contributed by atoms with E-state index in [1.165, 1.54) is 12.8 Å². The number of amides is 1. The third kappa shape index (κ3) is 3.58. The maximum absolute atomic E-state index is 12.6. The first-order chi connectivity index (χ1) is 9.60. The molecule has 1 amide bonds. The fourth-order valence-corrected chi connectivity index (χ4v) is 4.79. The van der Waals surface area contributed by atoms with Gasteiger partial charge in [-0.25, -0.2) is 4.98 Å². The highest BCUT2D eigenvalue weighted by Crippen LogP contribution is 2.47. The van der Waals surface area contributed by atoms with Crippen LogP contribution in [0.1, 0.15) is 49.4 Å². The molecular weight excluding hydrogens is 341 g/mol. The van der Waals surface area contributed by atoms with Gasteiger partial charge in [0, 0.05) is 17.1 Å². The highest BCUT2D eigenvalue weighted by molar-refractivity contribution is 7.09. The molecule has 2 aliphatic rings. The monoisotopic (exact) mass is 365 g/mol. The van der Waals surface area contributed by atoms with Crippen molar-refractivity contribution in [1.29, 1.82) is 0 Å². The summed E-state index contributed by atoms with van der Waals surface area (Å²) in [6, 6.07) is 0.0943. The number of fused-ring (bicyclic) bond motifs is 2. The van der Waals surface area contributed by atoms with Gasteiger partial charge in [0.2, 0.25) is 5.91 Å². The Labute approximate surface area is 148 Å². The summed E-state index contributed by atoms with van der Waals surface area (Å²) in [4.78, 5) is 17.1. The van der Waals surface area contributed by atoms with Crippen molar-refractivity contribution in [1.82, 2.24) is 10.3 Å². The minimum absolute atomic E-state index is 0. The van der Waals surface area contributed by atoms with E-state index in [-0.39, 0.29) is 48.7 Å². The van der Waals surface area contributed by atoms with E-state index >= 15 is 0 Å². The molecule has 0 aliphatic heterocycles. The molecule has 2 saturated carbocycles. The molecule has 22 heavy (non-hydrogen) atoms. The maximum atomic E-state index is 12.6. The van der Waals surface area contributed by atoms with Crippen molar-refractivity contribution in [3.8, 4) is 0 Å². The smallest absolute Gasteiger partial charge is 0.225 e. The lowest BCUT2D eigenvalue weighted by atomic mass is 9.84. The van der Waals surface area contributed by atoms with E-state index in [2.05, 4.69) is 17.2 Å². The third-order valence-electron chi connectivity index (χ3n) is 4.94. The van der Waals surface area contributed by atoms with E-state index in [0.717, 1.165) is 23.5 Å². The molecule has 5 unspecified atom stereocenters. The van der Waals surface area contributed by atoms with Crippen molar-refractivity contribution in [3.05, 3.63) is 16.1 Å². The van der Waals surface area contributed by atoms with Crippen molar-refractivity contribution in [3.63, 3.8) is 0 Å². The summed E-state index contributed by atoms with van der Waals surface area (Å²) in [5, 5.41) is 6.23. The molecule has 0 radical (unpaired) electrons. The molecule has 126 valence electrons. The van der Waals surface area contributed by atoms with E-state index in [1.807, 2.05) is 12.3 Å². The summed E-state index contributed by atoms with van der Waals surface area (Å²) in [6.07, 6.45) is 4.39. The molecule has 3 N–H and O–H groups in total. The highest BCUT2D eigenvalue weighted by atomic mass is 35.5. The normalized spacial score (nSPS) is 30.3. The second-order valence-electron chi connectivity index (χ2n) is 6.23. The molecule has 5 atom stereocenters. The Balaban J connectivity index is 0.00000121. The van der Waals surface area contributed by atoms with Gasteiger partial charge < -0.3 is 11.1 Å². The molecule has 1 aromatic rings. The number of nitrogens with zero attached hydrogens (tertiary/aromatic N) is 1. The second kappa shape index (κ2) is 7.95. The number of carbonyl (C=O) groups excluding carboxylic acids is 1. The molecule has 2 fully saturated rings. The van der Waals surface area contributed by atoms with Crippen LogP contribution < -0.4 is 11.1 Å². The van der Waals surface area contributed by atoms with Gasteiger partial charge in [0.15, 0.2) is 0 Å². The number of hydrogen-bond donors (Lipinski definition) is 2. The lowest BCUT2D eigenvalue weighted by molar-refractivity contribution is -0.127. The summed E-state index contributed by atoms with van der Waals surface area (Å²) in [7, 11) is 0. The molecule has 2 bridgehead atoms. The fourth-order valence-electron chi connectivity index (χ4n) is 3.86. The molecular formula is C15H25Cl2N3OS. The second-order valence-corrected chi connectivity index (χ2v) is 7.12. The molecule has 1 aromatic heterocycles. The Bertz CT molecular complexity index is 509. The van der Waals surface area contributed by atoms with E-state index in [9.17, 15) is 4.79 Å². The van der Waals surface area contributed by atoms with Crippen molar-refractivity contribution in [2.75, 3.05) is 0 Å². The van der Waals surface area contributed by atoms with Gasteiger partial charge in [-0.2, -0.15) is 0 Å². The van der Waals surface area contributed by atoms with E-state index in [4.69, 9.17) is 5.73 Å². The molecule has 3 rings (SSSR count). The van der Waals surface area contributed by atoms with Gasteiger partial charge in [-0.1, -0.05) is 6.92 Å². The quantitative estimate of drug-likeness (QED) is 0.860. The van der Waals surface area contributed by atoms with Gasteiger partial charge in [0.25, 0.3) is 0 Å². The highest BCUT2D eigenvalue weighted by Gasteiger charge is 2.49. The Morgan fingerprint density at radius 2 is 2.14 bits per heavy atom. The van der Waals surface area contributed by atoms with Crippen LogP contribution in [0.5, 0.6) is 0 Å². The van der Waals surface area contributed by atoms with Crippen molar-refractivity contribution in [2.45, 2.75) is 51.6 Å². The summed E-state index contributed by atoms with van der Waals surface area (Å²) in [6.45, 7) is 4.07. The number of nitrogens with one attached hydrogen (secondary N) is 1. The van der Waals surface area contributed by atoms with Gasteiger partial charge in [0.1, 0.15) is 5.01 Å². The van der Waals surface area contributed by atoms with Crippen LogP contribution in [0.15, 0.2) is 5.38 Å². The van der Waals surface area contributed by atoms with Crippen LogP contribution in [0.4, 0.5) is 0 Å². The molecule has 2 aliphatic carbocycles. The number of aromatic nitrogens is 1. The predicted octanol–water partition coefficient (Wildman–Crippen LogP) is 3.24. The lowest BCUT2D eigenvalue weighted by Gasteiger charge is -2.28. The number of halogens is 2. The summed E-state index contributed by atoms with van der Waals surface area (Å²) in [5.41, 5.74) is 7.27. The average molecular weight is 366 g/mol. The Hall–Kier alpha value is -0.360. The van der Waals surface area contributed by atoms with Crippen LogP contribution in [-0.4, -0.2) is 16.9 Å². The van der Waals surface area contributed by atoms with E-state index < -0.39 is 0 Å². The Morgan fingerprint density at radius 1 is 1.45 bits per heavy atom. The molecule has 0 aromatic carbocycles. The van der Waals surface area contributed by atoms with Gasteiger partial charge in [-0.3, -0.25) is 4.79 Å². The summed E-state index contributed by atoms with van der Waals surface area (Å²) >= 11 is 1.63. The van der Waals surface area contributed by atoms with Gasteiger partial charge in [-0.15, -0.1) is 36.2 Å². The Morgan fingerprint density at radius 3 is 2.64 bits per heavy atom. The van der Waals surface area contributed by atoms with Crippen LogP contribution in [-0.2, 0) is 4.79 Å².